The third kappa shape index (κ3) is 5.23. The molecule has 0 aromatic heterocycles. The van der Waals surface area contributed by atoms with Crippen molar-refractivity contribution in [2.45, 2.75) is 25.9 Å². The molecule has 2 amide bonds. The highest BCUT2D eigenvalue weighted by atomic mass is 16.4. The summed E-state index contributed by atoms with van der Waals surface area (Å²) in [7, 11) is 1.65. The van der Waals surface area contributed by atoms with Crippen molar-refractivity contribution in [2.75, 3.05) is 12.4 Å². The molecule has 0 saturated heterocycles. The Morgan fingerprint density at radius 1 is 1.33 bits per heavy atom. The molecule has 1 aromatic carbocycles. The van der Waals surface area contributed by atoms with E-state index < -0.39 is 24.3 Å². The summed E-state index contributed by atoms with van der Waals surface area (Å²) in [6, 6.07) is 5.85. The second-order valence-electron chi connectivity index (χ2n) is 4.73. The van der Waals surface area contributed by atoms with Gasteiger partial charge in [0.1, 0.15) is 0 Å². The molecule has 0 aliphatic heterocycles. The largest absolute Gasteiger partial charge is 0.481 e. The maximum absolute atomic E-state index is 11.8. The number of carbonyl (C=O) groups excluding carboxylic acids is 2. The normalized spacial score (nSPS) is 11.6. The molecule has 0 radical (unpaired) electrons. The molecule has 0 heterocycles. The summed E-state index contributed by atoms with van der Waals surface area (Å²) in [5.74, 6) is -1.81. The monoisotopic (exact) mass is 293 g/mol. The van der Waals surface area contributed by atoms with Crippen molar-refractivity contribution in [1.29, 1.82) is 0 Å². The van der Waals surface area contributed by atoms with Gasteiger partial charge in [-0.25, -0.2) is 0 Å². The lowest BCUT2D eigenvalue weighted by Gasteiger charge is -2.18. The van der Waals surface area contributed by atoms with E-state index in [1.165, 1.54) is 11.8 Å². The number of nitrogens with one attached hydrogen (secondary N) is 1. The molecule has 4 N–H and O–H groups in total. The molecule has 0 fully saturated rings. The summed E-state index contributed by atoms with van der Waals surface area (Å²) >= 11 is 0. The number of rotatable bonds is 6. The smallest absolute Gasteiger partial charge is 0.305 e. The van der Waals surface area contributed by atoms with E-state index in [-0.39, 0.29) is 5.91 Å². The van der Waals surface area contributed by atoms with Crippen LogP contribution in [0.2, 0.25) is 0 Å². The molecule has 0 bridgehead atoms. The predicted octanol–water partition coefficient (Wildman–Crippen LogP) is 0.405. The third-order valence-corrected chi connectivity index (χ3v) is 2.95. The first-order valence-corrected chi connectivity index (χ1v) is 6.39. The van der Waals surface area contributed by atoms with E-state index in [1.807, 2.05) is 0 Å². The lowest BCUT2D eigenvalue weighted by atomic mass is 10.1. The number of anilines is 1. The Morgan fingerprint density at radius 2 is 1.95 bits per heavy atom. The fraction of sp³-hybridized carbons (Fsp3) is 0.357. The summed E-state index contributed by atoms with van der Waals surface area (Å²) in [6.07, 6.45) is -0.443. The zero-order valence-corrected chi connectivity index (χ0v) is 12.0. The van der Waals surface area contributed by atoms with Gasteiger partial charge in [0.25, 0.3) is 0 Å². The number of carboxylic acid groups (broad SMARTS) is 1. The number of carboxylic acids is 1. The number of nitrogens with two attached hydrogens (primary N) is 1. The van der Waals surface area contributed by atoms with E-state index in [9.17, 15) is 14.4 Å². The van der Waals surface area contributed by atoms with Crippen molar-refractivity contribution in [3.8, 4) is 0 Å². The average molecular weight is 293 g/mol. The van der Waals surface area contributed by atoms with Crippen molar-refractivity contribution in [3.05, 3.63) is 29.8 Å². The molecule has 1 atom stereocenters. The van der Waals surface area contributed by atoms with Gasteiger partial charge in [0.2, 0.25) is 11.8 Å². The standard InChI is InChI=1S/C14H19N3O4/c1-9(18)17(2)8-10-5-3-4-6-12(10)16-14(21)11(15)7-13(19)20/h3-6,11H,7-8,15H2,1-2H3,(H,16,21)(H,19,20). The first-order chi connectivity index (χ1) is 9.81. The minimum Gasteiger partial charge on any atom is -0.481 e. The Bertz CT molecular complexity index is 545. The third-order valence-electron chi connectivity index (χ3n) is 2.95. The fourth-order valence-electron chi connectivity index (χ4n) is 1.65. The molecular formula is C14H19N3O4. The molecular weight excluding hydrogens is 274 g/mol. The first kappa shape index (κ1) is 16.6. The molecule has 7 heteroatoms. The Hall–Kier alpha value is -2.41. The molecule has 1 aromatic rings. The molecule has 7 nitrogen and oxygen atoms in total. The lowest BCUT2D eigenvalue weighted by Crippen LogP contribution is -2.37. The van der Waals surface area contributed by atoms with E-state index in [0.717, 1.165) is 5.56 Å². The van der Waals surface area contributed by atoms with Crippen LogP contribution in [-0.2, 0) is 20.9 Å². The van der Waals surface area contributed by atoms with Gasteiger partial charge < -0.3 is 21.1 Å². The summed E-state index contributed by atoms with van der Waals surface area (Å²) in [4.78, 5) is 35.2. The Kier molecular flexibility index (Phi) is 5.86. The van der Waals surface area contributed by atoms with Crippen LogP contribution in [-0.4, -0.2) is 40.9 Å². The minimum atomic E-state index is -1.14. The molecule has 0 aliphatic carbocycles. The van der Waals surface area contributed by atoms with Crippen LogP contribution in [0.15, 0.2) is 24.3 Å². The van der Waals surface area contributed by atoms with E-state index in [0.29, 0.717) is 12.2 Å². The van der Waals surface area contributed by atoms with Crippen molar-refractivity contribution < 1.29 is 19.5 Å². The maximum atomic E-state index is 11.8. The maximum Gasteiger partial charge on any atom is 0.305 e. The zero-order chi connectivity index (χ0) is 16.0. The molecule has 21 heavy (non-hydrogen) atoms. The van der Waals surface area contributed by atoms with E-state index in [2.05, 4.69) is 5.32 Å². The van der Waals surface area contributed by atoms with Gasteiger partial charge in [0.05, 0.1) is 12.5 Å². The van der Waals surface area contributed by atoms with Crippen LogP contribution in [0.1, 0.15) is 18.9 Å². The highest BCUT2D eigenvalue weighted by molar-refractivity contribution is 5.97. The summed E-state index contributed by atoms with van der Waals surface area (Å²) < 4.78 is 0. The summed E-state index contributed by atoms with van der Waals surface area (Å²) in [6.45, 7) is 1.78. The van der Waals surface area contributed by atoms with Crippen molar-refractivity contribution >= 4 is 23.5 Å². The number of para-hydroxylation sites is 1. The second-order valence-corrected chi connectivity index (χ2v) is 4.73. The number of nitrogens with zero attached hydrogens (tertiary/aromatic N) is 1. The highest BCUT2D eigenvalue weighted by Gasteiger charge is 2.18. The number of amides is 2. The zero-order valence-electron chi connectivity index (χ0n) is 12.0. The van der Waals surface area contributed by atoms with Crippen LogP contribution >= 0.6 is 0 Å². The SMILES string of the molecule is CC(=O)N(C)Cc1ccccc1NC(=O)C(N)CC(=O)O. The van der Waals surface area contributed by atoms with Gasteiger partial charge in [-0.15, -0.1) is 0 Å². The molecule has 114 valence electrons. The van der Waals surface area contributed by atoms with Gasteiger partial charge in [0.15, 0.2) is 0 Å². The number of aliphatic carboxylic acids is 1. The average Bonchev–Trinajstić information content (AvgIpc) is 2.39. The quantitative estimate of drug-likeness (QED) is 0.703. The highest BCUT2D eigenvalue weighted by Crippen LogP contribution is 2.17. The van der Waals surface area contributed by atoms with Crippen molar-refractivity contribution in [2.24, 2.45) is 5.73 Å². The number of hydrogen-bond donors (Lipinski definition) is 3. The van der Waals surface area contributed by atoms with Crippen LogP contribution < -0.4 is 11.1 Å². The van der Waals surface area contributed by atoms with Crippen molar-refractivity contribution in [1.82, 2.24) is 4.90 Å². The van der Waals surface area contributed by atoms with Crippen LogP contribution in [0.25, 0.3) is 0 Å². The molecule has 1 rings (SSSR count). The summed E-state index contributed by atoms with van der Waals surface area (Å²) in [5, 5.41) is 11.2. The molecule has 1 unspecified atom stereocenters. The second kappa shape index (κ2) is 7.39. The molecule has 0 saturated carbocycles. The number of carbonyl (C=O) groups is 3. The summed E-state index contributed by atoms with van der Waals surface area (Å²) in [5.41, 5.74) is 6.76. The van der Waals surface area contributed by atoms with Gasteiger partial charge in [-0.2, -0.15) is 0 Å². The number of hydrogen-bond acceptors (Lipinski definition) is 4. The lowest BCUT2D eigenvalue weighted by molar-refractivity contribution is -0.138. The van der Waals surface area contributed by atoms with Crippen LogP contribution in [0.4, 0.5) is 5.69 Å². The predicted molar refractivity (Wildman–Crippen MR) is 77.4 cm³/mol. The van der Waals surface area contributed by atoms with Gasteiger partial charge in [-0.3, -0.25) is 14.4 Å². The molecule has 0 spiro atoms. The Balaban J connectivity index is 2.81. The van der Waals surface area contributed by atoms with E-state index >= 15 is 0 Å². The van der Waals surface area contributed by atoms with E-state index in [4.69, 9.17) is 10.8 Å². The van der Waals surface area contributed by atoms with Gasteiger partial charge in [-0.05, 0) is 11.6 Å². The fourth-order valence-corrected chi connectivity index (χ4v) is 1.65. The van der Waals surface area contributed by atoms with Crippen molar-refractivity contribution in [3.63, 3.8) is 0 Å². The van der Waals surface area contributed by atoms with E-state index in [1.54, 1.807) is 31.3 Å². The number of benzene rings is 1. The topological polar surface area (TPSA) is 113 Å². The Labute approximate surface area is 122 Å². The van der Waals surface area contributed by atoms with Crippen LogP contribution in [0.3, 0.4) is 0 Å². The first-order valence-electron chi connectivity index (χ1n) is 6.39. The van der Waals surface area contributed by atoms with Crippen LogP contribution in [0, 0.1) is 0 Å². The van der Waals surface area contributed by atoms with Gasteiger partial charge in [-0.1, -0.05) is 18.2 Å². The Morgan fingerprint density at radius 3 is 2.52 bits per heavy atom. The molecule has 0 aliphatic rings. The van der Waals surface area contributed by atoms with Gasteiger partial charge >= 0.3 is 5.97 Å². The van der Waals surface area contributed by atoms with Crippen LogP contribution in [0.5, 0.6) is 0 Å². The minimum absolute atomic E-state index is 0.0984. The van der Waals surface area contributed by atoms with Gasteiger partial charge in [0, 0.05) is 26.2 Å².